The summed E-state index contributed by atoms with van der Waals surface area (Å²) in [6.45, 7) is 2.31. The minimum absolute atomic E-state index is 0. The summed E-state index contributed by atoms with van der Waals surface area (Å²) in [4.78, 5) is -0.0394. The van der Waals surface area contributed by atoms with Crippen molar-refractivity contribution in [3.8, 4) is 0 Å². The third-order valence-electron chi connectivity index (χ3n) is 13.5. The van der Waals surface area contributed by atoms with Crippen LogP contribution in [-0.4, -0.2) is 13.0 Å². The van der Waals surface area contributed by atoms with Crippen LogP contribution in [0.2, 0.25) is 0 Å². The van der Waals surface area contributed by atoms with Gasteiger partial charge in [-0.2, -0.15) is 0 Å². The van der Waals surface area contributed by atoms with E-state index < -0.39 is 10.1 Å². The molecular formula is C56H105NaO3S. The standard InChI is InChI=1S/C56H106O3S.Na/c1-2-3-4-5-6-7-8-9-10-11-12-13-14-15-16-17-18-19-20-21-22-23-24-25-26-27-28-29-30-31-32-33-34-35-36-37-38-39-40-41-42-43-44-45-46-47-48-49-52-55-53-50-51-54-56(55)60(57,58)59;/h50-51,53-54H,2-49,52H2,1H3,(H,57,58,59);/q;+1/p-1. The summed E-state index contributed by atoms with van der Waals surface area (Å²) in [5.74, 6) is 0. The predicted molar refractivity (Wildman–Crippen MR) is 265 cm³/mol. The van der Waals surface area contributed by atoms with E-state index in [0.717, 1.165) is 12.8 Å². The van der Waals surface area contributed by atoms with Gasteiger partial charge in [-0.3, -0.25) is 0 Å². The normalized spacial score (nSPS) is 11.7. The number of hydrogen-bond donors (Lipinski definition) is 0. The number of aryl methyl sites for hydroxylation is 1. The fraction of sp³-hybridized carbons (Fsp3) is 0.893. The minimum Gasteiger partial charge on any atom is -0.744 e. The topological polar surface area (TPSA) is 57.2 Å². The van der Waals surface area contributed by atoms with E-state index >= 15 is 0 Å². The van der Waals surface area contributed by atoms with Crippen LogP contribution in [0.1, 0.15) is 321 Å². The van der Waals surface area contributed by atoms with Crippen molar-refractivity contribution in [2.75, 3.05) is 0 Å². The van der Waals surface area contributed by atoms with E-state index in [9.17, 15) is 13.0 Å². The van der Waals surface area contributed by atoms with Gasteiger partial charge >= 0.3 is 29.6 Å². The van der Waals surface area contributed by atoms with Crippen LogP contribution in [0, 0.1) is 0 Å². The Balaban J connectivity index is 0.0000360. The first kappa shape index (κ1) is 61.1. The maximum Gasteiger partial charge on any atom is 1.00 e. The van der Waals surface area contributed by atoms with Crippen molar-refractivity contribution >= 4 is 10.1 Å². The number of hydrogen-bond acceptors (Lipinski definition) is 3. The Labute approximate surface area is 406 Å². The van der Waals surface area contributed by atoms with Gasteiger partial charge in [0.25, 0.3) is 0 Å². The molecule has 0 spiro atoms. The molecule has 0 atom stereocenters. The Morgan fingerprint density at radius 3 is 0.689 bits per heavy atom. The van der Waals surface area contributed by atoms with Gasteiger partial charge in [-0.05, 0) is 24.5 Å². The monoisotopic (exact) mass is 881 g/mol. The smallest absolute Gasteiger partial charge is 0.744 e. The first-order valence-electron chi connectivity index (χ1n) is 27.6. The van der Waals surface area contributed by atoms with Crippen molar-refractivity contribution in [3.05, 3.63) is 29.8 Å². The Morgan fingerprint density at radius 1 is 0.311 bits per heavy atom. The van der Waals surface area contributed by atoms with Crippen LogP contribution in [-0.2, 0) is 16.5 Å². The van der Waals surface area contributed by atoms with E-state index in [0.29, 0.717) is 12.0 Å². The minimum atomic E-state index is -4.37. The second-order valence-corrected chi connectivity index (χ2v) is 20.8. The molecule has 0 N–H and O–H groups in total. The van der Waals surface area contributed by atoms with Gasteiger partial charge < -0.3 is 4.55 Å². The maximum absolute atomic E-state index is 11.4. The predicted octanol–water partition coefficient (Wildman–Crippen LogP) is 16.9. The molecule has 1 aromatic carbocycles. The molecule has 0 aliphatic carbocycles. The van der Waals surface area contributed by atoms with E-state index in [1.807, 2.05) is 6.07 Å². The van der Waals surface area contributed by atoms with Gasteiger partial charge in [-0.25, -0.2) is 8.42 Å². The van der Waals surface area contributed by atoms with Crippen LogP contribution < -0.4 is 29.6 Å². The molecule has 0 unspecified atom stereocenters. The second-order valence-electron chi connectivity index (χ2n) is 19.4. The fourth-order valence-electron chi connectivity index (χ4n) is 9.47. The number of unbranched alkanes of at least 4 members (excludes halogenated alkanes) is 47. The van der Waals surface area contributed by atoms with E-state index in [4.69, 9.17) is 0 Å². The third-order valence-corrected chi connectivity index (χ3v) is 14.5. The van der Waals surface area contributed by atoms with E-state index in [1.165, 1.54) is 301 Å². The summed E-state index contributed by atoms with van der Waals surface area (Å²) >= 11 is 0. The zero-order valence-electron chi connectivity index (χ0n) is 41.6. The zero-order valence-corrected chi connectivity index (χ0v) is 44.4. The van der Waals surface area contributed by atoms with Crippen LogP contribution in [0.15, 0.2) is 29.2 Å². The second kappa shape index (κ2) is 49.6. The van der Waals surface area contributed by atoms with Crippen LogP contribution in [0.4, 0.5) is 0 Å². The molecule has 0 bridgehead atoms. The summed E-state index contributed by atoms with van der Waals surface area (Å²) in [7, 11) is -4.37. The molecule has 1 rings (SSSR count). The van der Waals surface area contributed by atoms with Crippen molar-refractivity contribution in [3.63, 3.8) is 0 Å². The van der Waals surface area contributed by atoms with Crippen LogP contribution in [0.25, 0.3) is 0 Å². The van der Waals surface area contributed by atoms with Crippen molar-refractivity contribution in [1.29, 1.82) is 0 Å². The van der Waals surface area contributed by atoms with Gasteiger partial charge in [0, 0.05) is 0 Å². The quantitative estimate of drug-likeness (QED) is 0.0372. The van der Waals surface area contributed by atoms with Crippen LogP contribution >= 0.6 is 0 Å². The van der Waals surface area contributed by atoms with Crippen molar-refractivity contribution in [2.45, 2.75) is 326 Å². The molecule has 0 saturated carbocycles. The molecular weight excluding hydrogens is 776 g/mol. The summed E-state index contributed by atoms with van der Waals surface area (Å²) in [5, 5.41) is 0. The first-order chi connectivity index (χ1) is 29.6. The Kier molecular flexibility index (Phi) is 49.7. The maximum atomic E-state index is 11.4. The summed E-state index contributed by atoms with van der Waals surface area (Å²) < 4.78 is 34.2. The Bertz CT molecular complexity index is 1090. The van der Waals surface area contributed by atoms with E-state index in [2.05, 4.69) is 6.92 Å². The Morgan fingerprint density at radius 2 is 0.492 bits per heavy atom. The molecule has 0 radical (unpaired) electrons. The average Bonchev–Trinajstić information content (AvgIpc) is 3.24. The van der Waals surface area contributed by atoms with Crippen LogP contribution in [0.5, 0.6) is 0 Å². The number of benzene rings is 1. The molecule has 0 saturated heterocycles. The molecule has 354 valence electrons. The van der Waals surface area contributed by atoms with Gasteiger partial charge in [0.15, 0.2) is 0 Å². The fourth-order valence-corrected chi connectivity index (χ4v) is 10.2. The summed E-state index contributed by atoms with van der Waals surface area (Å²) in [5.41, 5.74) is 0.676. The molecule has 0 fully saturated rings. The average molecular weight is 882 g/mol. The molecule has 0 heterocycles. The molecule has 3 nitrogen and oxygen atoms in total. The van der Waals surface area contributed by atoms with Gasteiger partial charge in [0.1, 0.15) is 10.1 Å². The van der Waals surface area contributed by atoms with Crippen LogP contribution in [0.3, 0.4) is 0 Å². The van der Waals surface area contributed by atoms with Gasteiger partial charge in [0.2, 0.25) is 0 Å². The molecule has 61 heavy (non-hydrogen) atoms. The van der Waals surface area contributed by atoms with Crippen molar-refractivity contribution in [1.82, 2.24) is 0 Å². The molecule has 0 amide bonds. The summed E-state index contributed by atoms with van der Waals surface area (Å²) in [6, 6.07) is 6.66. The van der Waals surface area contributed by atoms with Crippen molar-refractivity contribution in [2.24, 2.45) is 0 Å². The molecule has 1 aromatic rings. The molecule has 5 heteroatoms. The van der Waals surface area contributed by atoms with Gasteiger partial charge in [-0.15, -0.1) is 0 Å². The Hall–Kier alpha value is 0.130. The third kappa shape index (κ3) is 45.1. The zero-order chi connectivity index (χ0) is 43.1. The van der Waals surface area contributed by atoms with E-state index in [-0.39, 0.29) is 34.5 Å². The van der Waals surface area contributed by atoms with Gasteiger partial charge in [-0.1, -0.05) is 327 Å². The van der Waals surface area contributed by atoms with Crippen molar-refractivity contribution < 1.29 is 42.5 Å². The SMILES string of the molecule is CCCCCCCCCCCCCCCCCCCCCCCCCCCCCCCCCCCCCCCCCCCCCCCCCCc1ccccc1S(=O)(=O)[O-].[Na+]. The largest absolute Gasteiger partial charge is 1.00 e. The summed E-state index contributed by atoms with van der Waals surface area (Å²) in [6.07, 6.45) is 69.3. The molecule has 0 aromatic heterocycles. The molecule has 0 aliphatic rings. The first-order valence-corrected chi connectivity index (χ1v) is 29.0. The van der Waals surface area contributed by atoms with Gasteiger partial charge in [0.05, 0.1) is 4.90 Å². The van der Waals surface area contributed by atoms with E-state index in [1.54, 1.807) is 12.1 Å². The number of rotatable bonds is 50. The molecule has 0 aliphatic heterocycles.